The standard InChI is InChI=1S/C11H24N2O/c1-9(5-6-13(2)3)12-10-7-11(8-10)14-4/h9-12H,5-8H2,1-4H3. The molecular weight excluding hydrogens is 176 g/mol. The van der Waals surface area contributed by atoms with E-state index in [2.05, 4.69) is 31.2 Å². The Morgan fingerprint density at radius 3 is 2.57 bits per heavy atom. The number of hydrogen-bond donors (Lipinski definition) is 1. The first-order chi connectivity index (χ1) is 6.61. The molecule has 0 radical (unpaired) electrons. The van der Waals surface area contributed by atoms with Crippen molar-refractivity contribution < 1.29 is 4.74 Å². The summed E-state index contributed by atoms with van der Waals surface area (Å²) in [6.45, 7) is 3.43. The molecule has 1 unspecified atom stereocenters. The van der Waals surface area contributed by atoms with Crippen LogP contribution in [0.1, 0.15) is 26.2 Å². The number of ether oxygens (including phenoxy) is 1. The molecule has 0 spiro atoms. The van der Waals surface area contributed by atoms with Crippen molar-refractivity contribution in [2.75, 3.05) is 27.7 Å². The highest BCUT2D eigenvalue weighted by Gasteiger charge is 2.29. The molecule has 84 valence electrons. The molecule has 1 saturated carbocycles. The second-order valence-electron chi connectivity index (χ2n) is 4.69. The van der Waals surface area contributed by atoms with E-state index in [9.17, 15) is 0 Å². The summed E-state index contributed by atoms with van der Waals surface area (Å²) in [4.78, 5) is 2.23. The van der Waals surface area contributed by atoms with E-state index in [4.69, 9.17) is 4.74 Å². The highest BCUT2D eigenvalue weighted by atomic mass is 16.5. The monoisotopic (exact) mass is 200 g/mol. The van der Waals surface area contributed by atoms with Crippen LogP contribution in [0.3, 0.4) is 0 Å². The fourth-order valence-corrected chi connectivity index (χ4v) is 1.83. The molecular formula is C11H24N2O. The van der Waals surface area contributed by atoms with E-state index in [1.54, 1.807) is 7.11 Å². The Hall–Kier alpha value is -0.120. The molecule has 1 aliphatic carbocycles. The molecule has 0 bridgehead atoms. The molecule has 0 aliphatic heterocycles. The number of methoxy groups -OCH3 is 1. The van der Waals surface area contributed by atoms with Gasteiger partial charge in [0.15, 0.2) is 0 Å². The quantitative estimate of drug-likeness (QED) is 0.695. The lowest BCUT2D eigenvalue weighted by Crippen LogP contribution is -2.48. The predicted molar refractivity (Wildman–Crippen MR) is 59.6 cm³/mol. The summed E-state index contributed by atoms with van der Waals surface area (Å²) in [5.74, 6) is 0. The van der Waals surface area contributed by atoms with Crippen LogP contribution >= 0.6 is 0 Å². The lowest BCUT2D eigenvalue weighted by Gasteiger charge is -2.36. The molecule has 3 heteroatoms. The van der Waals surface area contributed by atoms with Gasteiger partial charge in [-0.05, 0) is 46.8 Å². The Bertz CT molecular complexity index is 155. The maximum absolute atomic E-state index is 5.25. The maximum atomic E-state index is 5.25. The molecule has 0 amide bonds. The van der Waals surface area contributed by atoms with Crippen LogP contribution in [0.4, 0.5) is 0 Å². The van der Waals surface area contributed by atoms with Crippen LogP contribution in [0, 0.1) is 0 Å². The SMILES string of the molecule is COC1CC(NC(C)CCN(C)C)C1. The first-order valence-corrected chi connectivity index (χ1v) is 5.55. The summed E-state index contributed by atoms with van der Waals surface area (Å²) < 4.78 is 5.25. The molecule has 3 nitrogen and oxygen atoms in total. The van der Waals surface area contributed by atoms with Gasteiger partial charge in [-0.15, -0.1) is 0 Å². The van der Waals surface area contributed by atoms with Crippen molar-refractivity contribution in [1.82, 2.24) is 10.2 Å². The Labute approximate surface area is 87.8 Å². The van der Waals surface area contributed by atoms with E-state index < -0.39 is 0 Å². The van der Waals surface area contributed by atoms with Crippen LogP contribution in [0.15, 0.2) is 0 Å². The lowest BCUT2D eigenvalue weighted by molar-refractivity contribution is 0.0143. The van der Waals surface area contributed by atoms with Crippen molar-refractivity contribution in [3.05, 3.63) is 0 Å². The average Bonchev–Trinajstić information content (AvgIpc) is 2.07. The van der Waals surface area contributed by atoms with Gasteiger partial charge in [-0.1, -0.05) is 0 Å². The third-order valence-electron chi connectivity index (χ3n) is 2.96. The Balaban J connectivity index is 2.01. The highest BCUT2D eigenvalue weighted by Crippen LogP contribution is 2.23. The van der Waals surface area contributed by atoms with Crippen molar-refractivity contribution in [3.8, 4) is 0 Å². The van der Waals surface area contributed by atoms with Gasteiger partial charge in [0.1, 0.15) is 0 Å². The van der Waals surface area contributed by atoms with Gasteiger partial charge in [0.2, 0.25) is 0 Å². The van der Waals surface area contributed by atoms with Crippen molar-refractivity contribution in [2.24, 2.45) is 0 Å². The molecule has 0 saturated heterocycles. The normalized spacial score (nSPS) is 28.9. The van der Waals surface area contributed by atoms with Gasteiger partial charge in [-0.3, -0.25) is 0 Å². The zero-order valence-corrected chi connectivity index (χ0v) is 9.92. The molecule has 1 atom stereocenters. The van der Waals surface area contributed by atoms with Crippen LogP contribution in [0.2, 0.25) is 0 Å². The molecule has 1 fully saturated rings. The van der Waals surface area contributed by atoms with E-state index in [1.165, 1.54) is 19.3 Å². The number of hydrogen-bond acceptors (Lipinski definition) is 3. The summed E-state index contributed by atoms with van der Waals surface area (Å²) in [5.41, 5.74) is 0. The molecule has 14 heavy (non-hydrogen) atoms. The fourth-order valence-electron chi connectivity index (χ4n) is 1.83. The number of rotatable bonds is 6. The minimum Gasteiger partial charge on any atom is -0.381 e. The van der Waals surface area contributed by atoms with Gasteiger partial charge < -0.3 is 15.0 Å². The maximum Gasteiger partial charge on any atom is 0.0601 e. The fraction of sp³-hybridized carbons (Fsp3) is 1.00. The van der Waals surface area contributed by atoms with E-state index >= 15 is 0 Å². The summed E-state index contributed by atoms with van der Waals surface area (Å²) in [7, 11) is 6.05. The largest absolute Gasteiger partial charge is 0.381 e. The summed E-state index contributed by atoms with van der Waals surface area (Å²) in [6.07, 6.45) is 4.10. The summed E-state index contributed by atoms with van der Waals surface area (Å²) in [5, 5.41) is 3.63. The van der Waals surface area contributed by atoms with Gasteiger partial charge in [0.25, 0.3) is 0 Å². The first kappa shape index (κ1) is 12.0. The molecule has 0 heterocycles. The highest BCUT2D eigenvalue weighted by molar-refractivity contribution is 4.87. The first-order valence-electron chi connectivity index (χ1n) is 5.55. The van der Waals surface area contributed by atoms with E-state index in [0.29, 0.717) is 18.2 Å². The van der Waals surface area contributed by atoms with Crippen molar-refractivity contribution in [3.63, 3.8) is 0 Å². The zero-order chi connectivity index (χ0) is 10.6. The van der Waals surface area contributed by atoms with Gasteiger partial charge >= 0.3 is 0 Å². The second-order valence-corrected chi connectivity index (χ2v) is 4.69. The Morgan fingerprint density at radius 2 is 2.07 bits per heavy atom. The summed E-state index contributed by atoms with van der Waals surface area (Å²) in [6, 6.07) is 1.32. The molecule has 1 aliphatic rings. The molecule has 1 N–H and O–H groups in total. The molecule has 0 aromatic heterocycles. The Morgan fingerprint density at radius 1 is 1.43 bits per heavy atom. The minimum absolute atomic E-state index is 0.508. The van der Waals surface area contributed by atoms with Gasteiger partial charge in [0.05, 0.1) is 6.10 Å². The van der Waals surface area contributed by atoms with E-state index in [1.807, 2.05) is 0 Å². The number of nitrogens with one attached hydrogen (secondary N) is 1. The van der Waals surface area contributed by atoms with Gasteiger partial charge in [-0.25, -0.2) is 0 Å². The Kier molecular flexibility index (Phi) is 4.85. The van der Waals surface area contributed by atoms with Gasteiger partial charge in [-0.2, -0.15) is 0 Å². The van der Waals surface area contributed by atoms with Crippen LogP contribution in [0.5, 0.6) is 0 Å². The lowest BCUT2D eigenvalue weighted by atomic mass is 9.88. The third kappa shape index (κ3) is 3.95. The molecule has 0 aromatic carbocycles. The topological polar surface area (TPSA) is 24.5 Å². The van der Waals surface area contributed by atoms with Crippen molar-refractivity contribution >= 4 is 0 Å². The average molecular weight is 200 g/mol. The minimum atomic E-state index is 0.508. The third-order valence-corrected chi connectivity index (χ3v) is 2.96. The van der Waals surface area contributed by atoms with Crippen LogP contribution in [-0.2, 0) is 4.74 Å². The zero-order valence-electron chi connectivity index (χ0n) is 9.92. The van der Waals surface area contributed by atoms with Crippen LogP contribution < -0.4 is 5.32 Å². The predicted octanol–water partition coefficient (Wildman–Crippen LogP) is 1.09. The summed E-state index contributed by atoms with van der Waals surface area (Å²) >= 11 is 0. The molecule has 0 aromatic rings. The van der Waals surface area contributed by atoms with Crippen LogP contribution in [-0.4, -0.2) is 50.8 Å². The van der Waals surface area contributed by atoms with E-state index in [-0.39, 0.29) is 0 Å². The van der Waals surface area contributed by atoms with Crippen molar-refractivity contribution in [1.29, 1.82) is 0 Å². The second kappa shape index (κ2) is 5.69. The van der Waals surface area contributed by atoms with Gasteiger partial charge in [0, 0.05) is 19.2 Å². The number of nitrogens with zero attached hydrogens (tertiary/aromatic N) is 1. The molecule has 1 rings (SSSR count). The van der Waals surface area contributed by atoms with E-state index in [0.717, 1.165) is 6.54 Å². The van der Waals surface area contributed by atoms with Crippen LogP contribution in [0.25, 0.3) is 0 Å². The van der Waals surface area contributed by atoms with Crippen molar-refractivity contribution in [2.45, 2.75) is 44.4 Å². The smallest absolute Gasteiger partial charge is 0.0601 e.